The third-order valence-electron chi connectivity index (χ3n) is 3.90. The number of para-hydroxylation sites is 1. The molecule has 0 aliphatic carbocycles. The van der Waals surface area contributed by atoms with Gasteiger partial charge in [0.05, 0.1) is 5.52 Å². The maximum Gasteiger partial charge on any atom is 0.303 e. The van der Waals surface area contributed by atoms with Crippen molar-refractivity contribution in [1.29, 1.82) is 0 Å². The van der Waals surface area contributed by atoms with E-state index in [4.69, 9.17) is 5.11 Å². The third-order valence-corrected chi connectivity index (χ3v) is 3.90. The first-order valence-electron chi connectivity index (χ1n) is 6.70. The van der Waals surface area contributed by atoms with Gasteiger partial charge in [0.2, 0.25) is 0 Å². The van der Waals surface area contributed by atoms with Crippen LogP contribution in [0.4, 0.5) is 0 Å². The molecular formula is C15H18N2O2. The molecule has 0 saturated carbocycles. The largest absolute Gasteiger partial charge is 0.481 e. The number of nitrogens with zero attached hydrogens (tertiary/aromatic N) is 1. The Hall–Kier alpha value is -1.81. The number of carbonyl (C=O) groups is 1. The summed E-state index contributed by atoms with van der Waals surface area (Å²) in [5.41, 5.74) is 5.01. The van der Waals surface area contributed by atoms with Crippen molar-refractivity contribution in [3.05, 3.63) is 35.0 Å². The molecule has 2 heterocycles. The SMILES string of the molecule is Cc1cccc2c(CCC(=O)O)c3n(c12)CCNC3. The second-order valence-corrected chi connectivity index (χ2v) is 5.12. The zero-order valence-corrected chi connectivity index (χ0v) is 11.1. The minimum Gasteiger partial charge on any atom is -0.481 e. The molecule has 0 radical (unpaired) electrons. The molecule has 4 nitrogen and oxygen atoms in total. The Bertz CT molecular complexity index is 643. The summed E-state index contributed by atoms with van der Waals surface area (Å²) in [6.45, 7) is 4.90. The molecule has 1 aliphatic heterocycles. The van der Waals surface area contributed by atoms with E-state index < -0.39 is 5.97 Å². The van der Waals surface area contributed by atoms with Crippen LogP contribution in [0.3, 0.4) is 0 Å². The Morgan fingerprint density at radius 2 is 2.32 bits per heavy atom. The monoisotopic (exact) mass is 258 g/mol. The number of aliphatic carboxylic acids is 1. The van der Waals surface area contributed by atoms with Crippen LogP contribution in [-0.2, 0) is 24.3 Å². The molecule has 0 spiro atoms. The quantitative estimate of drug-likeness (QED) is 0.886. The number of rotatable bonds is 3. The molecule has 19 heavy (non-hydrogen) atoms. The number of carboxylic acids is 1. The van der Waals surface area contributed by atoms with Gasteiger partial charge >= 0.3 is 5.97 Å². The van der Waals surface area contributed by atoms with Crippen LogP contribution in [0.1, 0.15) is 23.2 Å². The highest BCUT2D eigenvalue weighted by atomic mass is 16.4. The van der Waals surface area contributed by atoms with Crippen molar-refractivity contribution in [2.75, 3.05) is 6.54 Å². The van der Waals surface area contributed by atoms with Crippen LogP contribution in [-0.4, -0.2) is 22.2 Å². The molecule has 0 fully saturated rings. The zero-order chi connectivity index (χ0) is 13.4. The first-order chi connectivity index (χ1) is 9.18. The van der Waals surface area contributed by atoms with Crippen molar-refractivity contribution in [2.45, 2.75) is 32.9 Å². The maximum absolute atomic E-state index is 10.8. The van der Waals surface area contributed by atoms with Gasteiger partial charge in [0, 0.05) is 37.1 Å². The lowest BCUT2D eigenvalue weighted by atomic mass is 10.0. The van der Waals surface area contributed by atoms with E-state index >= 15 is 0 Å². The van der Waals surface area contributed by atoms with Gasteiger partial charge in [-0.1, -0.05) is 18.2 Å². The van der Waals surface area contributed by atoms with Gasteiger partial charge in [-0.15, -0.1) is 0 Å². The summed E-state index contributed by atoms with van der Waals surface area (Å²) < 4.78 is 2.36. The summed E-state index contributed by atoms with van der Waals surface area (Å²) in [7, 11) is 0. The van der Waals surface area contributed by atoms with Gasteiger partial charge in [-0.2, -0.15) is 0 Å². The normalized spacial score (nSPS) is 14.6. The number of carboxylic acid groups (broad SMARTS) is 1. The standard InChI is InChI=1S/C15H18N2O2/c1-10-3-2-4-12-11(5-6-14(18)19)13-9-16-7-8-17(13)15(10)12/h2-4,16H,5-9H2,1H3,(H,18,19). The predicted molar refractivity (Wildman–Crippen MR) is 74.3 cm³/mol. The minimum atomic E-state index is -0.732. The first kappa shape index (κ1) is 12.2. The number of hydrogen-bond donors (Lipinski definition) is 2. The Kier molecular flexibility index (Phi) is 3.03. The number of nitrogens with one attached hydrogen (secondary N) is 1. The van der Waals surface area contributed by atoms with E-state index in [9.17, 15) is 4.79 Å². The van der Waals surface area contributed by atoms with E-state index in [2.05, 4.69) is 35.0 Å². The van der Waals surface area contributed by atoms with E-state index in [0.29, 0.717) is 6.42 Å². The van der Waals surface area contributed by atoms with Crippen LogP contribution in [0, 0.1) is 6.92 Å². The van der Waals surface area contributed by atoms with Crippen LogP contribution in [0.2, 0.25) is 0 Å². The van der Waals surface area contributed by atoms with Gasteiger partial charge in [0.1, 0.15) is 0 Å². The van der Waals surface area contributed by atoms with Crippen molar-refractivity contribution in [3.63, 3.8) is 0 Å². The molecule has 3 rings (SSSR count). The fourth-order valence-electron chi connectivity index (χ4n) is 3.07. The summed E-state index contributed by atoms with van der Waals surface area (Å²) in [4.78, 5) is 10.8. The van der Waals surface area contributed by atoms with Crippen molar-refractivity contribution in [2.24, 2.45) is 0 Å². The van der Waals surface area contributed by atoms with Gasteiger partial charge in [-0.3, -0.25) is 4.79 Å². The van der Waals surface area contributed by atoms with Crippen LogP contribution in [0.15, 0.2) is 18.2 Å². The lowest BCUT2D eigenvalue weighted by molar-refractivity contribution is -0.136. The Balaban J connectivity index is 2.19. The summed E-state index contributed by atoms with van der Waals surface area (Å²) in [6, 6.07) is 6.30. The van der Waals surface area contributed by atoms with Crippen molar-refractivity contribution in [1.82, 2.24) is 9.88 Å². The molecule has 2 N–H and O–H groups in total. The van der Waals surface area contributed by atoms with Crippen molar-refractivity contribution >= 4 is 16.9 Å². The van der Waals surface area contributed by atoms with Crippen LogP contribution < -0.4 is 5.32 Å². The minimum absolute atomic E-state index is 0.194. The van der Waals surface area contributed by atoms with Gasteiger partial charge < -0.3 is 15.0 Å². The van der Waals surface area contributed by atoms with E-state index in [1.165, 1.54) is 27.7 Å². The molecule has 1 aliphatic rings. The molecular weight excluding hydrogens is 240 g/mol. The fourth-order valence-corrected chi connectivity index (χ4v) is 3.07. The van der Waals surface area contributed by atoms with Gasteiger partial charge in [0.25, 0.3) is 0 Å². The summed E-state index contributed by atoms with van der Waals surface area (Å²) >= 11 is 0. The Labute approximate surface area is 112 Å². The average molecular weight is 258 g/mol. The lowest BCUT2D eigenvalue weighted by Crippen LogP contribution is -2.28. The molecule has 0 amide bonds. The number of fused-ring (bicyclic) bond motifs is 3. The number of aromatic nitrogens is 1. The van der Waals surface area contributed by atoms with E-state index in [1.54, 1.807) is 0 Å². The molecule has 4 heteroatoms. The average Bonchev–Trinajstić information content (AvgIpc) is 2.71. The van der Waals surface area contributed by atoms with Gasteiger partial charge in [-0.05, 0) is 24.5 Å². The maximum atomic E-state index is 10.8. The van der Waals surface area contributed by atoms with Crippen molar-refractivity contribution < 1.29 is 9.90 Å². The highest BCUT2D eigenvalue weighted by Gasteiger charge is 2.20. The molecule has 2 aromatic rings. The van der Waals surface area contributed by atoms with Gasteiger partial charge in [0.15, 0.2) is 0 Å². The van der Waals surface area contributed by atoms with E-state index in [0.717, 1.165) is 19.6 Å². The number of aryl methyl sites for hydroxylation is 2. The molecule has 1 aromatic heterocycles. The van der Waals surface area contributed by atoms with E-state index in [1.807, 2.05) is 0 Å². The molecule has 1 aromatic carbocycles. The number of benzene rings is 1. The molecule has 100 valence electrons. The molecule has 0 bridgehead atoms. The zero-order valence-electron chi connectivity index (χ0n) is 11.1. The van der Waals surface area contributed by atoms with Gasteiger partial charge in [-0.25, -0.2) is 0 Å². The second-order valence-electron chi connectivity index (χ2n) is 5.12. The number of hydrogen-bond acceptors (Lipinski definition) is 2. The highest BCUT2D eigenvalue weighted by Crippen LogP contribution is 2.30. The smallest absolute Gasteiger partial charge is 0.303 e. The summed E-state index contributed by atoms with van der Waals surface area (Å²) in [5.74, 6) is -0.732. The molecule has 0 saturated heterocycles. The second kappa shape index (κ2) is 4.70. The Morgan fingerprint density at radius 1 is 1.47 bits per heavy atom. The van der Waals surface area contributed by atoms with Crippen LogP contribution in [0.25, 0.3) is 10.9 Å². The first-order valence-corrected chi connectivity index (χ1v) is 6.70. The fraction of sp³-hybridized carbons (Fsp3) is 0.400. The molecule has 0 atom stereocenters. The highest BCUT2D eigenvalue weighted by molar-refractivity contribution is 5.88. The van der Waals surface area contributed by atoms with Crippen LogP contribution in [0.5, 0.6) is 0 Å². The summed E-state index contributed by atoms with van der Waals surface area (Å²) in [5, 5.41) is 13.5. The van der Waals surface area contributed by atoms with Crippen molar-refractivity contribution in [3.8, 4) is 0 Å². The van der Waals surface area contributed by atoms with E-state index in [-0.39, 0.29) is 6.42 Å². The summed E-state index contributed by atoms with van der Waals surface area (Å²) in [6.07, 6.45) is 0.805. The Morgan fingerprint density at radius 3 is 3.11 bits per heavy atom. The van der Waals surface area contributed by atoms with Crippen LogP contribution >= 0.6 is 0 Å². The molecule has 0 unspecified atom stereocenters. The predicted octanol–water partition coefficient (Wildman–Crippen LogP) is 2.07. The topological polar surface area (TPSA) is 54.3 Å². The third kappa shape index (κ3) is 2.02. The lowest BCUT2D eigenvalue weighted by Gasteiger charge is -2.19.